The summed E-state index contributed by atoms with van der Waals surface area (Å²) < 4.78 is 0. The lowest BCUT2D eigenvalue weighted by Gasteiger charge is -2.07. The summed E-state index contributed by atoms with van der Waals surface area (Å²) in [4.78, 5) is 0. The van der Waals surface area contributed by atoms with Crippen molar-refractivity contribution in [3.63, 3.8) is 0 Å². The quantitative estimate of drug-likeness (QED) is 0.874. The van der Waals surface area contributed by atoms with Gasteiger partial charge in [0.2, 0.25) is 0 Å². The molecule has 0 saturated heterocycles. The summed E-state index contributed by atoms with van der Waals surface area (Å²) in [6.07, 6.45) is 1.01. The Morgan fingerprint density at radius 3 is 2.61 bits per heavy atom. The molecular formula is C15H15Cl2N. The van der Waals surface area contributed by atoms with Crippen molar-refractivity contribution < 1.29 is 0 Å². The van der Waals surface area contributed by atoms with Gasteiger partial charge in [-0.3, -0.25) is 0 Å². The van der Waals surface area contributed by atoms with E-state index in [0.29, 0.717) is 10.0 Å². The minimum absolute atomic E-state index is 0.662. The lowest BCUT2D eigenvalue weighted by molar-refractivity contribution is 0.792. The molecule has 2 rings (SSSR count). The molecule has 94 valence electrons. The van der Waals surface area contributed by atoms with E-state index in [1.165, 1.54) is 5.56 Å². The molecule has 0 fully saturated rings. The highest BCUT2D eigenvalue weighted by Crippen LogP contribution is 2.30. The van der Waals surface area contributed by atoms with Gasteiger partial charge in [0.15, 0.2) is 0 Å². The zero-order valence-electron chi connectivity index (χ0n) is 10.2. The van der Waals surface area contributed by atoms with E-state index in [-0.39, 0.29) is 0 Å². The average molecular weight is 280 g/mol. The van der Waals surface area contributed by atoms with Gasteiger partial charge in [-0.1, -0.05) is 53.5 Å². The van der Waals surface area contributed by atoms with Gasteiger partial charge in [0, 0.05) is 15.6 Å². The van der Waals surface area contributed by atoms with Gasteiger partial charge in [-0.25, -0.2) is 0 Å². The lowest BCUT2D eigenvalue weighted by Crippen LogP contribution is -2.10. The molecule has 0 spiro atoms. The van der Waals surface area contributed by atoms with E-state index in [1.807, 2.05) is 19.2 Å². The van der Waals surface area contributed by atoms with Crippen molar-refractivity contribution in [2.45, 2.75) is 6.42 Å². The maximum atomic E-state index is 6.22. The summed E-state index contributed by atoms with van der Waals surface area (Å²) >= 11 is 12.1. The number of hydrogen-bond acceptors (Lipinski definition) is 1. The van der Waals surface area contributed by atoms with Crippen LogP contribution in [0.5, 0.6) is 0 Å². The molecule has 2 aromatic carbocycles. The molecule has 18 heavy (non-hydrogen) atoms. The second-order valence-electron chi connectivity index (χ2n) is 4.18. The van der Waals surface area contributed by atoms with E-state index < -0.39 is 0 Å². The molecule has 0 amide bonds. The second kappa shape index (κ2) is 6.24. The Hall–Kier alpha value is -1.02. The third kappa shape index (κ3) is 3.26. The molecule has 1 nitrogen and oxygen atoms in total. The van der Waals surface area contributed by atoms with Crippen LogP contribution >= 0.6 is 23.2 Å². The van der Waals surface area contributed by atoms with Gasteiger partial charge in [0.05, 0.1) is 0 Å². The first-order valence-corrected chi connectivity index (χ1v) is 6.65. The van der Waals surface area contributed by atoms with Crippen molar-refractivity contribution in [1.82, 2.24) is 5.32 Å². The molecule has 0 aliphatic carbocycles. The van der Waals surface area contributed by atoms with Crippen molar-refractivity contribution in [2.24, 2.45) is 0 Å². The molecule has 1 N–H and O–H groups in total. The van der Waals surface area contributed by atoms with Crippen LogP contribution in [0.4, 0.5) is 0 Å². The van der Waals surface area contributed by atoms with Crippen LogP contribution in [0, 0.1) is 0 Å². The van der Waals surface area contributed by atoms with Crippen LogP contribution in [-0.4, -0.2) is 13.6 Å². The van der Waals surface area contributed by atoms with E-state index in [1.54, 1.807) is 6.07 Å². The van der Waals surface area contributed by atoms with E-state index in [4.69, 9.17) is 23.2 Å². The van der Waals surface area contributed by atoms with Crippen LogP contribution in [0.3, 0.4) is 0 Å². The molecule has 0 saturated carbocycles. The highest BCUT2D eigenvalue weighted by Gasteiger charge is 2.04. The molecule has 0 heterocycles. The topological polar surface area (TPSA) is 12.0 Å². The van der Waals surface area contributed by atoms with E-state index in [2.05, 4.69) is 29.6 Å². The van der Waals surface area contributed by atoms with Crippen molar-refractivity contribution >= 4 is 23.2 Å². The Labute approximate surface area is 118 Å². The predicted octanol–water partition coefficient (Wildman–Crippen LogP) is 4.42. The summed E-state index contributed by atoms with van der Waals surface area (Å²) in [6, 6.07) is 14.0. The summed E-state index contributed by atoms with van der Waals surface area (Å²) in [5.74, 6) is 0. The number of rotatable bonds is 4. The minimum atomic E-state index is 0.662. The summed E-state index contributed by atoms with van der Waals surface area (Å²) in [5.41, 5.74) is 3.45. The summed E-state index contributed by atoms with van der Waals surface area (Å²) in [5, 5.41) is 4.50. The minimum Gasteiger partial charge on any atom is -0.319 e. The van der Waals surface area contributed by atoms with Crippen LogP contribution in [-0.2, 0) is 6.42 Å². The molecule has 0 atom stereocenters. The smallest absolute Gasteiger partial charge is 0.0499 e. The predicted molar refractivity (Wildman–Crippen MR) is 79.5 cm³/mol. The average Bonchev–Trinajstić information content (AvgIpc) is 2.36. The monoisotopic (exact) mass is 279 g/mol. The zero-order chi connectivity index (χ0) is 13.0. The van der Waals surface area contributed by atoms with Crippen LogP contribution in [0.2, 0.25) is 10.0 Å². The van der Waals surface area contributed by atoms with Crippen molar-refractivity contribution in [1.29, 1.82) is 0 Å². The fourth-order valence-corrected chi connectivity index (χ4v) is 2.40. The van der Waals surface area contributed by atoms with Gasteiger partial charge in [-0.15, -0.1) is 0 Å². The van der Waals surface area contributed by atoms with Crippen molar-refractivity contribution in [3.8, 4) is 11.1 Å². The van der Waals surface area contributed by atoms with Crippen molar-refractivity contribution in [3.05, 3.63) is 58.1 Å². The maximum Gasteiger partial charge on any atom is 0.0499 e. The van der Waals surface area contributed by atoms with E-state index in [0.717, 1.165) is 24.1 Å². The number of hydrogen-bond donors (Lipinski definition) is 1. The SMILES string of the molecule is CNCCc1cccc(-c2ccc(Cl)cc2Cl)c1. The second-order valence-corrected chi connectivity index (χ2v) is 5.02. The normalized spacial score (nSPS) is 10.6. The lowest BCUT2D eigenvalue weighted by atomic mass is 10.0. The number of halogens is 2. The standard InChI is InChI=1S/C15H15Cl2N/c1-18-8-7-11-3-2-4-12(9-11)14-6-5-13(16)10-15(14)17/h2-6,9-10,18H,7-8H2,1H3. The van der Waals surface area contributed by atoms with Gasteiger partial charge in [0.25, 0.3) is 0 Å². The number of likely N-dealkylation sites (N-methyl/N-ethyl adjacent to an activating group) is 1. The third-order valence-corrected chi connectivity index (χ3v) is 3.38. The van der Waals surface area contributed by atoms with E-state index >= 15 is 0 Å². The highest BCUT2D eigenvalue weighted by molar-refractivity contribution is 6.36. The van der Waals surface area contributed by atoms with E-state index in [9.17, 15) is 0 Å². The molecule has 0 aliphatic heterocycles. The molecule has 3 heteroatoms. The molecule has 0 unspecified atom stereocenters. The first kappa shape index (κ1) is 13.4. The Kier molecular flexibility index (Phi) is 4.65. The van der Waals surface area contributed by atoms with Crippen LogP contribution in [0.25, 0.3) is 11.1 Å². The molecular weight excluding hydrogens is 265 g/mol. The van der Waals surface area contributed by atoms with Gasteiger partial charge >= 0.3 is 0 Å². The Balaban J connectivity index is 2.32. The van der Waals surface area contributed by atoms with Crippen molar-refractivity contribution in [2.75, 3.05) is 13.6 Å². The molecule has 0 aromatic heterocycles. The molecule has 0 bridgehead atoms. The van der Waals surface area contributed by atoms with Crippen LogP contribution < -0.4 is 5.32 Å². The maximum absolute atomic E-state index is 6.22. The molecule has 0 aliphatic rings. The fraction of sp³-hybridized carbons (Fsp3) is 0.200. The summed E-state index contributed by atoms with van der Waals surface area (Å²) in [6.45, 7) is 0.970. The summed E-state index contributed by atoms with van der Waals surface area (Å²) in [7, 11) is 1.96. The Bertz CT molecular complexity index is 538. The third-order valence-electron chi connectivity index (χ3n) is 2.83. The Morgan fingerprint density at radius 2 is 1.89 bits per heavy atom. The van der Waals surface area contributed by atoms with Gasteiger partial charge in [0.1, 0.15) is 0 Å². The van der Waals surface area contributed by atoms with Gasteiger partial charge < -0.3 is 5.32 Å². The molecule has 2 aromatic rings. The van der Waals surface area contributed by atoms with Gasteiger partial charge in [-0.2, -0.15) is 0 Å². The van der Waals surface area contributed by atoms with Gasteiger partial charge in [-0.05, 0) is 43.3 Å². The molecule has 0 radical (unpaired) electrons. The van der Waals surface area contributed by atoms with Crippen LogP contribution in [0.15, 0.2) is 42.5 Å². The first-order valence-electron chi connectivity index (χ1n) is 5.89. The fourth-order valence-electron chi connectivity index (χ4n) is 1.89. The highest BCUT2D eigenvalue weighted by atomic mass is 35.5. The zero-order valence-corrected chi connectivity index (χ0v) is 11.7. The number of benzene rings is 2. The first-order chi connectivity index (χ1) is 8.70. The largest absolute Gasteiger partial charge is 0.319 e. The Morgan fingerprint density at radius 1 is 1.06 bits per heavy atom. The van der Waals surface area contributed by atoms with Crippen LogP contribution in [0.1, 0.15) is 5.56 Å². The number of nitrogens with one attached hydrogen (secondary N) is 1.